The molecular formula is C18H28N4. The van der Waals surface area contributed by atoms with Crippen LogP contribution in [0.3, 0.4) is 0 Å². The molecule has 2 N–H and O–H groups in total. The average Bonchev–Trinajstić information content (AvgIpc) is 3.09. The van der Waals surface area contributed by atoms with E-state index in [1.54, 1.807) is 0 Å². The molecule has 0 amide bonds. The lowest BCUT2D eigenvalue weighted by atomic mass is 9.74. The van der Waals surface area contributed by atoms with E-state index in [0.29, 0.717) is 17.9 Å². The summed E-state index contributed by atoms with van der Waals surface area (Å²) < 4.78 is 0. The number of nitrogens with zero attached hydrogens (tertiary/aromatic N) is 3. The van der Waals surface area contributed by atoms with E-state index in [1.807, 2.05) is 0 Å². The Labute approximate surface area is 133 Å². The van der Waals surface area contributed by atoms with Gasteiger partial charge < -0.3 is 5.73 Å². The summed E-state index contributed by atoms with van der Waals surface area (Å²) >= 11 is 0. The first kappa shape index (κ1) is 14.6. The third-order valence-corrected chi connectivity index (χ3v) is 6.18. The molecule has 0 radical (unpaired) electrons. The second kappa shape index (κ2) is 5.89. The Morgan fingerprint density at radius 2 is 1.95 bits per heavy atom. The molecule has 4 aliphatic rings. The van der Waals surface area contributed by atoms with Crippen molar-refractivity contribution in [1.82, 2.24) is 14.9 Å². The van der Waals surface area contributed by atoms with Gasteiger partial charge in [0.25, 0.3) is 0 Å². The van der Waals surface area contributed by atoms with Crippen molar-refractivity contribution in [3.05, 3.63) is 23.3 Å². The van der Waals surface area contributed by atoms with E-state index in [0.717, 1.165) is 24.8 Å². The number of aromatic nitrogens is 2. The lowest BCUT2D eigenvalue weighted by Crippen LogP contribution is -2.55. The second-order valence-electron chi connectivity index (χ2n) is 7.52. The van der Waals surface area contributed by atoms with E-state index in [4.69, 9.17) is 15.7 Å². The van der Waals surface area contributed by atoms with Gasteiger partial charge in [-0.2, -0.15) is 0 Å². The van der Waals surface area contributed by atoms with E-state index in [9.17, 15) is 0 Å². The lowest BCUT2D eigenvalue weighted by molar-refractivity contribution is 0.0332. The number of aryl methyl sites for hydroxylation is 1. The quantitative estimate of drug-likeness (QED) is 0.932. The first-order valence-electron chi connectivity index (χ1n) is 9.04. The average molecular weight is 300 g/mol. The monoisotopic (exact) mass is 300 g/mol. The number of hydrogen-bond acceptors (Lipinski definition) is 4. The van der Waals surface area contributed by atoms with Crippen LogP contribution in [-0.2, 0) is 0 Å². The van der Waals surface area contributed by atoms with Crippen LogP contribution in [0.2, 0.25) is 0 Å². The SMILES string of the molecule is Cc1nc(C2CCCC2)cc([C@H]2CN3CC[C@H]2C[C@@H]3CN)n1. The highest BCUT2D eigenvalue weighted by atomic mass is 15.2. The molecule has 5 rings (SSSR count). The Balaban J connectivity index is 1.60. The third-order valence-electron chi connectivity index (χ3n) is 6.18. The summed E-state index contributed by atoms with van der Waals surface area (Å²) in [6, 6.07) is 2.94. The van der Waals surface area contributed by atoms with Gasteiger partial charge >= 0.3 is 0 Å². The lowest BCUT2D eigenvalue weighted by Gasteiger charge is -2.49. The minimum atomic E-state index is 0.596. The summed E-state index contributed by atoms with van der Waals surface area (Å²) in [5.74, 6) is 3.01. The molecule has 4 fully saturated rings. The maximum absolute atomic E-state index is 5.94. The number of fused-ring (bicyclic) bond motifs is 3. The fourth-order valence-corrected chi connectivity index (χ4v) is 4.95. The van der Waals surface area contributed by atoms with Crippen molar-refractivity contribution in [2.75, 3.05) is 19.6 Å². The summed E-state index contributed by atoms with van der Waals surface area (Å²) in [4.78, 5) is 12.2. The molecule has 120 valence electrons. The van der Waals surface area contributed by atoms with Crippen LogP contribution in [0, 0.1) is 12.8 Å². The number of rotatable bonds is 3. The zero-order valence-corrected chi connectivity index (χ0v) is 13.7. The summed E-state index contributed by atoms with van der Waals surface area (Å²) in [5, 5.41) is 0. The molecule has 22 heavy (non-hydrogen) atoms. The molecule has 4 nitrogen and oxygen atoms in total. The highest BCUT2D eigenvalue weighted by Crippen LogP contribution is 2.42. The van der Waals surface area contributed by atoms with Gasteiger partial charge in [-0.25, -0.2) is 9.97 Å². The largest absolute Gasteiger partial charge is 0.329 e. The van der Waals surface area contributed by atoms with E-state index in [-0.39, 0.29) is 0 Å². The number of piperidine rings is 3. The van der Waals surface area contributed by atoms with E-state index < -0.39 is 0 Å². The van der Waals surface area contributed by atoms with Gasteiger partial charge in [0.2, 0.25) is 0 Å². The fraction of sp³-hybridized carbons (Fsp3) is 0.778. The third kappa shape index (κ3) is 2.56. The molecule has 4 atom stereocenters. The topological polar surface area (TPSA) is 55.0 Å². The van der Waals surface area contributed by atoms with E-state index in [2.05, 4.69) is 17.9 Å². The zero-order chi connectivity index (χ0) is 15.1. The molecule has 0 aromatic carbocycles. The van der Waals surface area contributed by atoms with Crippen LogP contribution in [0.4, 0.5) is 0 Å². The van der Waals surface area contributed by atoms with Crippen molar-refractivity contribution in [2.45, 2.75) is 63.3 Å². The van der Waals surface area contributed by atoms with Gasteiger partial charge in [-0.15, -0.1) is 0 Å². The smallest absolute Gasteiger partial charge is 0.125 e. The second-order valence-corrected chi connectivity index (χ2v) is 7.52. The Hall–Kier alpha value is -1.00. The first-order valence-corrected chi connectivity index (χ1v) is 9.04. The van der Waals surface area contributed by atoms with Crippen molar-refractivity contribution in [1.29, 1.82) is 0 Å². The Morgan fingerprint density at radius 3 is 2.64 bits per heavy atom. The van der Waals surface area contributed by atoms with Crippen molar-refractivity contribution in [3.8, 4) is 0 Å². The van der Waals surface area contributed by atoms with Crippen LogP contribution < -0.4 is 5.73 Å². The molecule has 1 aromatic rings. The molecule has 1 saturated carbocycles. The van der Waals surface area contributed by atoms with Gasteiger partial charge in [0.1, 0.15) is 5.82 Å². The molecule has 1 aliphatic carbocycles. The van der Waals surface area contributed by atoms with Gasteiger partial charge in [0.15, 0.2) is 0 Å². The number of nitrogens with two attached hydrogens (primary N) is 1. The van der Waals surface area contributed by atoms with Gasteiger partial charge in [0.05, 0.1) is 0 Å². The summed E-state index contributed by atoms with van der Waals surface area (Å²) in [7, 11) is 0. The molecule has 4 heteroatoms. The predicted molar refractivity (Wildman–Crippen MR) is 87.9 cm³/mol. The van der Waals surface area contributed by atoms with E-state index >= 15 is 0 Å². The highest BCUT2D eigenvalue weighted by molar-refractivity contribution is 5.22. The van der Waals surface area contributed by atoms with Gasteiger partial charge in [0, 0.05) is 42.4 Å². The molecule has 1 unspecified atom stereocenters. The minimum absolute atomic E-state index is 0.596. The Morgan fingerprint density at radius 1 is 1.18 bits per heavy atom. The highest BCUT2D eigenvalue weighted by Gasteiger charge is 2.41. The maximum atomic E-state index is 5.94. The fourth-order valence-electron chi connectivity index (χ4n) is 4.95. The van der Waals surface area contributed by atoms with Crippen LogP contribution in [0.15, 0.2) is 6.07 Å². The molecule has 0 spiro atoms. The van der Waals surface area contributed by atoms with Crippen LogP contribution in [0.5, 0.6) is 0 Å². The van der Waals surface area contributed by atoms with Gasteiger partial charge in [-0.3, -0.25) is 4.90 Å². The summed E-state index contributed by atoms with van der Waals surface area (Å²) in [6.07, 6.45) is 7.91. The molecule has 1 aromatic heterocycles. The van der Waals surface area contributed by atoms with Crippen molar-refractivity contribution < 1.29 is 0 Å². The zero-order valence-electron chi connectivity index (χ0n) is 13.7. The van der Waals surface area contributed by atoms with Gasteiger partial charge in [-0.05, 0) is 51.1 Å². The molecule has 4 heterocycles. The number of hydrogen-bond donors (Lipinski definition) is 1. The summed E-state index contributed by atoms with van der Waals surface area (Å²) in [6.45, 7) is 5.24. The minimum Gasteiger partial charge on any atom is -0.329 e. The van der Waals surface area contributed by atoms with Crippen molar-refractivity contribution in [2.24, 2.45) is 11.7 Å². The van der Waals surface area contributed by atoms with Crippen LogP contribution in [0.25, 0.3) is 0 Å². The van der Waals surface area contributed by atoms with Crippen molar-refractivity contribution in [3.63, 3.8) is 0 Å². The molecule has 2 bridgehead atoms. The van der Waals surface area contributed by atoms with Crippen molar-refractivity contribution >= 4 is 0 Å². The maximum Gasteiger partial charge on any atom is 0.125 e. The molecule has 3 saturated heterocycles. The Kier molecular flexibility index (Phi) is 3.91. The van der Waals surface area contributed by atoms with E-state index in [1.165, 1.54) is 56.5 Å². The normalized spacial score (nSPS) is 35.2. The van der Waals surface area contributed by atoms with Gasteiger partial charge in [-0.1, -0.05) is 12.8 Å². The molecular weight excluding hydrogens is 272 g/mol. The van der Waals surface area contributed by atoms with Crippen LogP contribution in [0.1, 0.15) is 67.6 Å². The van der Waals surface area contributed by atoms with Crippen LogP contribution >= 0.6 is 0 Å². The Bertz CT molecular complexity index is 538. The standard InChI is InChI=1S/C18H28N4/c1-12-20-17(13-4-2-3-5-13)9-18(21-12)16-11-22-7-6-14(16)8-15(22)10-19/h9,13-16H,2-8,10-11,19H2,1H3/t14-,15+,16-/m0/s1. The predicted octanol–water partition coefficient (Wildman–Crippen LogP) is 2.58. The first-order chi connectivity index (χ1) is 10.7. The van der Waals surface area contributed by atoms with Crippen LogP contribution in [-0.4, -0.2) is 40.5 Å². The molecule has 3 aliphatic heterocycles. The summed E-state index contributed by atoms with van der Waals surface area (Å²) in [5.41, 5.74) is 8.55.